The van der Waals surface area contributed by atoms with Crippen LogP contribution in [0.4, 0.5) is 0 Å². The van der Waals surface area contributed by atoms with Crippen molar-refractivity contribution in [2.45, 2.75) is 0 Å². The first kappa shape index (κ1) is 20.9. The molecule has 30 heavy (non-hydrogen) atoms. The van der Waals surface area contributed by atoms with Gasteiger partial charge in [0.2, 0.25) is 5.88 Å². The molecule has 0 spiro atoms. The van der Waals surface area contributed by atoms with Crippen LogP contribution in [0.15, 0.2) is 54.6 Å². The summed E-state index contributed by atoms with van der Waals surface area (Å²) in [7, 11) is 4.63. The lowest BCUT2D eigenvalue weighted by molar-refractivity contribution is 0.0940. The van der Waals surface area contributed by atoms with Crippen LogP contribution in [0.2, 0.25) is 0 Å². The fourth-order valence-corrected chi connectivity index (χ4v) is 2.80. The Kier molecular flexibility index (Phi) is 7.05. The lowest BCUT2D eigenvalue weighted by Crippen LogP contribution is -2.29. The van der Waals surface area contributed by atoms with Gasteiger partial charge in [-0.25, -0.2) is 0 Å². The zero-order valence-electron chi connectivity index (χ0n) is 17.0. The summed E-state index contributed by atoms with van der Waals surface area (Å²) in [5, 5.41) is 11.0. The number of nitrogens with one attached hydrogen (secondary N) is 1. The van der Waals surface area contributed by atoms with E-state index in [0.29, 0.717) is 22.9 Å². The van der Waals surface area contributed by atoms with E-state index in [1.165, 1.54) is 14.2 Å². The normalized spacial score (nSPS) is 10.2. The molecule has 8 heteroatoms. The third-order valence-electron chi connectivity index (χ3n) is 4.32. The molecule has 0 saturated carbocycles. The Morgan fingerprint density at radius 3 is 2.13 bits per heavy atom. The lowest BCUT2D eigenvalue weighted by Gasteiger charge is -2.13. The van der Waals surface area contributed by atoms with Gasteiger partial charge in [0, 0.05) is 11.6 Å². The average molecular weight is 409 g/mol. The predicted molar refractivity (Wildman–Crippen MR) is 111 cm³/mol. The third-order valence-corrected chi connectivity index (χ3v) is 4.32. The van der Waals surface area contributed by atoms with Crippen LogP contribution >= 0.6 is 0 Å². The van der Waals surface area contributed by atoms with Gasteiger partial charge in [-0.05, 0) is 42.5 Å². The molecule has 2 aromatic carbocycles. The fraction of sp³-hybridized carbons (Fsp3) is 0.227. The first-order valence-corrected chi connectivity index (χ1v) is 9.26. The van der Waals surface area contributed by atoms with Crippen molar-refractivity contribution in [3.63, 3.8) is 0 Å². The second-order valence-corrected chi connectivity index (χ2v) is 6.13. The number of amides is 1. The highest BCUT2D eigenvalue weighted by Gasteiger charge is 2.17. The van der Waals surface area contributed by atoms with Crippen molar-refractivity contribution in [3.8, 4) is 34.4 Å². The SMILES string of the molecule is COc1ccc(-c2ccc(OCCNC(=O)c3c(OC)cccc3OC)nn2)cc1. The van der Waals surface area contributed by atoms with Gasteiger partial charge < -0.3 is 24.3 Å². The number of carbonyl (C=O) groups is 1. The third kappa shape index (κ3) is 4.96. The predicted octanol–water partition coefficient (Wildman–Crippen LogP) is 2.98. The van der Waals surface area contributed by atoms with Crippen molar-refractivity contribution in [2.75, 3.05) is 34.5 Å². The maximum absolute atomic E-state index is 12.5. The first-order chi connectivity index (χ1) is 14.7. The number of methoxy groups -OCH3 is 3. The summed E-state index contributed by atoms with van der Waals surface area (Å²) in [6.45, 7) is 0.516. The number of carbonyl (C=O) groups excluding carboxylic acids is 1. The highest BCUT2D eigenvalue weighted by atomic mass is 16.5. The van der Waals surface area contributed by atoms with Gasteiger partial charge in [0.25, 0.3) is 5.91 Å². The number of nitrogens with zero attached hydrogens (tertiary/aromatic N) is 2. The number of rotatable bonds is 9. The smallest absolute Gasteiger partial charge is 0.258 e. The molecule has 0 unspecified atom stereocenters. The molecule has 1 N–H and O–H groups in total. The van der Waals surface area contributed by atoms with Crippen molar-refractivity contribution >= 4 is 5.91 Å². The summed E-state index contributed by atoms with van der Waals surface area (Å²) in [5.74, 6) is 1.71. The summed E-state index contributed by atoms with van der Waals surface area (Å²) in [6, 6.07) is 16.3. The molecule has 0 aliphatic carbocycles. The van der Waals surface area contributed by atoms with Crippen molar-refractivity contribution in [2.24, 2.45) is 0 Å². The quantitative estimate of drug-likeness (QED) is 0.543. The van der Waals surface area contributed by atoms with Gasteiger partial charge in [-0.3, -0.25) is 4.79 Å². The summed E-state index contributed by atoms with van der Waals surface area (Å²) in [6.07, 6.45) is 0. The summed E-state index contributed by atoms with van der Waals surface area (Å²) in [5.41, 5.74) is 1.99. The van der Waals surface area contributed by atoms with Crippen LogP contribution in [0.5, 0.6) is 23.1 Å². The molecular weight excluding hydrogens is 386 g/mol. The van der Waals surface area contributed by atoms with Gasteiger partial charge in [-0.2, -0.15) is 0 Å². The van der Waals surface area contributed by atoms with Gasteiger partial charge >= 0.3 is 0 Å². The zero-order chi connectivity index (χ0) is 21.3. The topological polar surface area (TPSA) is 91.8 Å². The van der Waals surface area contributed by atoms with Crippen molar-refractivity contribution < 1.29 is 23.7 Å². The molecule has 0 aliphatic rings. The Labute approximate surface area is 174 Å². The number of hydrogen-bond acceptors (Lipinski definition) is 7. The van der Waals surface area contributed by atoms with Crippen LogP contribution in [0.3, 0.4) is 0 Å². The van der Waals surface area contributed by atoms with Gasteiger partial charge in [0.1, 0.15) is 29.4 Å². The van der Waals surface area contributed by atoms with E-state index in [1.54, 1.807) is 31.4 Å². The molecule has 0 fully saturated rings. The highest BCUT2D eigenvalue weighted by molar-refractivity contribution is 5.99. The van der Waals surface area contributed by atoms with Crippen molar-refractivity contribution in [3.05, 3.63) is 60.2 Å². The number of benzene rings is 2. The Hall–Kier alpha value is -3.81. The molecule has 3 rings (SSSR count). The average Bonchev–Trinajstić information content (AvgIpc) is 2.81. The molecule has 8 nitrogen and oxygen atoms in total. The number of ether oxygens (including phenoxy) is 4. The maximum Gasteiger partial charge on any atom is 0.258 e. The largest absolute Gasteiger partial charge is 0.497 e. The van der Waals surface area contributed by atoms with Crippen LogP contribution in [0, 0.1) is 0 Å². The Morgan fingerprint density at radius 1 is 0.867 bits per heavy atom. The lowest BCUT2D eigenvalue weighted by atomic mass is 10.1. The second-order valence-electron chi connectivity index (χ2n) is 6.13. The molecule has 0 atom stereocenters. The van der Waals surface area contributed by atoms with Gasteiger partial charge in [0.15, 0.2) is 0 Å². The van der Waals surface area contributed by atoms with Crippen LogP contribution in [0.1, 0.15) is 10.4 Å². The van der Waals surface area contributed by atoms with E-state index in [1.807, 2.05) is 30.3 Å². The minimum Gasteiger partial charge on any atom is -0.497 e. The molecule has 1 amide bonds. The maximum atomic E-state index is 12.5. The van der Waals surface area contributed by atoms with Crippen LogP contribution in [0.25, 0.3) is 11.3 Å². The van der Waals surface area contributed by atoms with E-state index >= 15 is 0 Å². The van der Waals surface area contributed by atoms with Crippen LogP contribution in [-0.2, 0) is 0 Å². The molecule has 156 valence electrons. The molecule has 1 heterocycles. The van der Waals surface area contributed by atoms with E-state index in [-0.39, 0.29) is 19.1 Å². The van der Waals surface area contributed by atoms with E-state index in [9.17, 15) is 4.79 Å². The van der Waals surface area contributed by atoms with E-state index in [2.05, 4.69) is 15.5 Å². The Balaban J connectivity index is 1.53. The van der Waals surface area contributed by atoms with Crippen molar-refractivity contribution in [1.82, 2.24) is 15.5 Å². The van der Waals surface area contributed by atoms with Gasteiger partial charge in [-0.1, -0.05) is 6.07 Å². The Bertz CT molecular complexity index is 953. The molecule has 3 aromatic rings. The highest BCUT2D eigenvalue weighted by Crippen LogP contribution is 2.28. The summed E-state index contributed by atoms with van der Waals surface area (Å²) in [4.78, 5) is 12.5. The molecule has 0 radical (unpaired) electrons. The van der Waals surface area contributed by atoms with Gasteiger partial charge in [-0.15, -0.1) is 10.2 Å². The molecule has 0 bridgehead atoms. The minimum atomic E-state index is -0.311. The molecule has 1 aromatic heterocycles. The number of aromatic nitrogens is 2. The first-order valence-electron chi connectivity index (χ1n) is 9.26. The minimum absolute atomic E-state index is 0.236. The zero-order valence-corrected chi connectivity index (χ0v) is 17.0. The van der Waals surface area contributed by atoms with Crippen molar-refractivity contribution in [1.29, 1.82) is 0 Å². The molecule has 0 saturated heterocycles. The Morgan fingerprint density at radius 2 is 1.57 bits per heavy atom. The monoisotopic (exact) mass is 409 g/mol. The summed E-state index contributed by atoms with van der Waals surface area (Å²) >= 11 is 0. The fourth-order valence-electron chi connectivity index (χ4n) is 2.80. The van der Waals surface area contributed by atoms with E-state index < -0.39 is 0 Å². The standard InChI is InChI=1S/C22H23N3O5/c1-27-16-9-7-15(8-10-16)17-11-12-20(25-24-17)30-14-13-23-22(26)21-18(28-2)5-4-6-19(21)29-3/h4-12H,13-14H2,1-3H3,(H,23,26). The van der Waals surface area contributed by atoms with Crippen LogP contribution < -0.4 is 24.3 Å². The molecular formula is C22H23N3O5. The molecule has 0 aliphatic heterocycles. The van der Waals surface area contributed by atoms with E-state index in [0.717, 1.165) is 17.0 Å². The van der Waals surface area contributed by atoms with Crippen LogP contribution in [-0.4, -0.2) is 50.6 Å². The van der Waals surface area contributed by atoms with E-state index in [4.69, 9.17) is 18.9 Å². The second kappa shape index (κ2) is 10.1. The summed E-state index contributed by atoms with van der Waals surface area (Å²) < 4.78 is 21.2. The number of hydrogen-bond donors (Lipinski definition) is 1. The van der Waals surface area contributed by atoms with Gasteiger partial charge in [0.05, 0.1) is 33.6 Å².